The number of hydrogen-bond donors (Lipinski definition) is 2. The largest absolute Gasteiger partial charge is 0.416 e. The lowest BCUT2D eigenvalue weighted by molar-refractivity contribution is -0.118. The Kier molecular flexibility index (Phi) is 5.63. The monoisotopic (exact) mass is 450 g/mol. The number of nitrogens with one attached hydrogen (secondary N) is 2. The summed E-state index contributed by atoms with van der Waals surface area (Å²) in [5.74, 6) is 1.33. The number of thiazole rings is 1. The summed E-state index contributed by atoms with van der Waals surface area (Å²) in [4.78, 5) is 24.4. The van der Waals surface area contributed by atoms with Gasteiger partial charge < -0.3 is 14.7 Å². The van der Waals surface area contributed by atoms with E-state index in [1.165, 1.54) is 16.5 Å². The summed E-state index contributed by atoms with van der Waals surface area (Å²) in [5.41, 5.74) is 2.84. The number of H-pyrrole nitrogens is 1. The van der Waals surface area contributed by atoms with Gasteiger partial charge in [-0.25, -0.2) is 9.97 Å². The molecule has 3 heterocycles. The van der Waals surface area contributed by atoms with Gasteiger partial charge in [-0.3, -0.25) is 4.79 Å². The van der Waals surface area contributed by atoms with Crippen LogP contribution in [-0.2, 0) is 24.2 Å². The van der Waals surface area contributed by atoms with Gasteiger partial charge in [0, 0.05) is 12.8 Å². The first-order valence-electron chi connectivity index (χ1n) is 9.73. The molecule has 0 aliphatic heterocycles. The zero-order valence-electron chi connectivity index (χ0n) is 16.4. The molecule has 5 aromatic rings. The van der Waals surface area contributed by atoms with Crippen molar-refractivity contribution in [2.24, 2.45) is 0 Å². The van der Waals surface area contributed by atoms with Crippen LogP contribution in [0.1, 0.15) is 16.7 Å². The quantitative estimate of drug-likeness (QED) is 0.347. The smallest absolute Gasteiger partial charge is 0.277 e. The number of aromatic amines is 1. The molecule has 5 rings (SSSR count). The lowest BCUT2D eigenvalue weighted by Gasteiger charge is -2.01. The number of thioether (sulfide) groups is 1. The van der Waals surface area contributed by atoms with Crippen LogP contribution in [0.2, 0.25) is 0 Å². The molecule has 0 bridgehead atoms. The molecule has 3 aromatic heterocycles. The third-order valence-corrected chi connectivity index (χ3v) is 6.47. The van der Waals surface area contributed by atoms with Gasteiger partial charge in [-0.2, -0.15) is 0 Å². The van der Waals surface area contributed by atoms with Crippen LogP contribution in [0.3, 0.4) is 0 Å². The minimum atomic E-state index is -0.125. The molecule has 0 spiro atoms. The molecular weight excluding hydrogens is 432 g/mol. The number of carbonyl (C=O) groups is 1. The maximum Gasteiger partial charge on any atom is 0.277 e. The van der Waals surface area contributed by atoms with Crippen molar-refractivity contribution in [3.05, 3.63) is 65.3 Å². The van der Waals surface area contributed by atoms with Crippen LogP contribution in [0.15, 0.2) is 58.2 Å². The van der Waals surface area contributed by atoms with Gasteiger partial charge in [0.05, 0.1) is 38.6 Å². The lowest BCUT2D eigenvalue weighted by Crippen LogP contribution is -2.25. The number of para-hydroxylation sites is 3. The number of aromatic nitrogens is 5. The Labute approximate surface area is 185 Å². The normalized spacial score (nSPS) is 11.4. The highest BCUT2D eigenvalue weighted by molar-refractivity contribution is 7.99. The van der Waals surface area contributed by atoms with Crippen molar-refractivity contribution in [3.8, 4) is 0 Å². The van der Waals surface area contributed by atoms with Gasteiger partial charge in [-0.1, -0.05) is 36.0 Å². The van der Waals surface area contributed by atoms with Crippen LogP contribution in [-0.4, -0.2) is 36.8 Å². The minimum absolute atomic E-state index is 0.125. The summed E-state index contributed by atoms with van der Waals surface area (Å²) < 4.78 is 6.83. The summed E-state index contributed by atoms with van der Waals surface area (Å²) in [6, 6.07) is 15.8. The predicted octanol–water partition coefficient (Wildman–Crippen LogP) is 3.75. The molecule has 0 aliphatic carbocycles. The van der Waals surface area contributed by atoms with Crippen LogP contribution in [0, 0.1) is 0 Å². The summed E-state index contributed by atoms with van der Waals surface area (Å²) in [6.07, 6.45) is 1.36. The third-order valence-electron chi connectivity index (χ3n) is 4.56. The molecule has 1 amide bonds. The molecule has 0 atom stereocenters. The summed E-state index contributed by atoms with van der Waals surface area (Å²) in [6.45, 7) is 0.339. The number of nitrogens with zero attached hydrogens (tertiary/aromatic N) is 4. The van der Waals surface area contributed by atoms with Gasteiger partial charge >= 0.3 is 0 Å². The molecule has 2 N–H and O–H groups in total. The Morgan fingerprint density at radius 3 is 2.74 bits per heavy atom. The number of carbonyl (C=O) groups excluding carboxylic acids is 1. The van der Waals surface area contributed by atoms with Crippen molar-refractivity contribution in [2.45, 2.75) is 24.6 Å². The SMILES string of the molecule is O=C(CSc1nnc(CCc2nc3ccccc3s2)o1)NCc1nc2ccccc2[nH]1. The highest BCUT2D eigenvalue weighted by Crippen LogP contribution is 2.23. The van der Waals surface area contributed by atoms with Crippen LogP contribution in [0.5, 0.6) is 0 Å². The van der Waals surface area contributed by atoms with Crippen LogP contribution < -0.4 is 5.32 Å². The summed E-state index contributed by atoms with van der Waals surface area (Å²) in [7, 11) is 0. The number of imidazole rings is 1. The molecule has 8 nitrogen and oxygen atoms in total. The van der Waals surface area contributed by atoms with E-state index >= 15 is 0 Å². The number of amides is 1. The minimum Gasteiger partial charge on any atom is -0.416 e. The van der Waals surface area contributed by atoms with E-state index in [2.05, 4.69) is 36.5 Å². The maximum absolute atomic E-state index is 12.1. The Morgan fingerprint density at radius 2 is 1.87 bits per heavy atom. The van der Waals surface area contributed by atoms with Gasteiger partial charge in [-0.05, 0) is 24.3 Å². The van der Waals surface area contributed by atoms with E-state index < -0.39 is 0 Å². The van der Waals surface area contributed by atoms with Crippen LogP contribution in [0.4, 0.5) is 0 Å². The summed E-state index contributed by atoms with van der Waals surface area (Å²) >= 11 is 2.89. The number of hydrogen-bond acceptors (Lipinski definition) is 8. The van der Waals surface area contributed by atoms with Crippen molar-refractivity contribution in [2.75, 3.05) is 5.75 Å². The van der Waals surface area contributed by atoms with Crippen molar-refractivity contribution >= 4 is 50.3 Å². The first-order chi connectivity index (χ1) is 15.2. The van der Waals surface area contributed by atoms with Crippen LogP contribution in [0.25, 0.3) is 21.3 Å². The molecule has 31 heavy (non-hydrogen) atoms. The number of fused-ring (bicyclic) bond motifs is 2. The van der Waals surface area contributed by atoms with Crippen molar-refractivity contribution in [1.29, 1.82) is 0 Å². The van der Waals surface area contributed by atoms with E-state index in [4.69, 9.17) is 4.42 Å². The van der Waals surface area contributed by atoms with Crippen molar-refractivity contribution in [3.63, 3.8) is 0 Å². The van der Waals surface area contributed by atoms with Crippen molar-refractivity contribution in [1.82, 2.24) is 30.5 Å². The average Bonchev–Trinajstić information content (AvgIpc) is 3.52. The zero-order valence-corrected chi connectivity index (χ0v) is 18.0. The fourth-order valence-electron chi connectivity index (χ4n) is 3.09. The third kappa shape index (κ3) is 4.75. The summed E-state index contributed by atoms with van der Waals surface area (Å²) in [5, 5.41) is 12.4. The van der Waals surface area contributed by atoms with Gasteiger partial charge in [0.1, 0.15) is 5.82 Å². The first-order valence-corrected chi connectivity index (χ1v) is 11.5. The lowest BCUT2D eigenvalue weighted by atomic mass is 10.3. The van der Waals surface area contributed by atoms with Gasteiger partial charge in [0.25, 0.3) is 5.22 Å². The van der Waals surface area contributed by atoms with Gasteiger partial charge in [0.15, 0.2) is 0 Å². The first kappa shape index (κ1) is 19.7. The standard InChI is InChI=1S/C21H18N6O2S2/c28-18(22-11-17-23-13-5-1-2-6-14(13)24-17)12-30-21-27-26-19(29-21)9-10-20-25-15-7-3-4-8-16(15)31-20/h1-8H,9-12H2,(H,22,28)(H,23,24). The highest BCUT2D eigenvalue weighted by atomic mass is 32.2. The molecule has 2 aromatic carbocycles. The Bertz CT molecular complexity index is 1280. The molecule has 0 unspecified atom stereocenters. The van der Waals surface area contributed by atoms with Gasteiger partial charge in [0.2, 0.25) is 11.8 Å². The van der Waals surface area contributed by atoms with Gasteiger partial charge in [-0.15, -0.1) is 21.5 Å². The second kappa shape index (κ2) is 8.86. The topological polar surface area (TPSA) is 110 Å². The Morgan fingerprint density at radius 1 is 1.03 bits per heavy atom. The number of aryl methyl sites for hydroxylation is 2. The maximum atomic E-state index is 12.1. The second-order valence-corrected chi connectivity index (χ2v) is 8.84. The van der Waals surface area contributed by atoms with E-state index in [0.717, 1.165) is 33.8 Å². The molecule has 0 radical (unpaired) electrons. The highest BCUT2D eigenvalue weighted by Gasteiger charge is 2.12. The molecule has 0 saturated heterocycles. The molecule has 0 saturated carbocycles. The molecular formula is C21H18N6O2S2. The van der Waals surface area contributed by atoms with Crippen LogP contribution >= 0.6 is 23.1 Å². The zero-order chi connectivity index (χ0) is 21.0. The Hall–Kier alpha value is -3.24. The van der Waals surface area contributed by atoms with E-state index in [9.17, 15) is 4.79 Å². The molecule has 10 heteroatoms. The fourth-order valence-corrected chi connectivity index (χ4v) is 4.67. The van der Waals surface area contributed by atoms with E-state index in [0.29, 0.717) is 24.1 Å². The predicted molar refractivity (Wildman–Crippen MR) is 120 cm³/mol. The van der Waals surface area contributed by atoms with E-state index in [1.807, 2.05) is 42.5 Å². The molecule has 0 fully saturated rings. The molecule has 156 valence electrons. The van der Waals surface area contributed by atoms with E-state index in [-0.39, 0.29) is 11.7 Å². The van der Waals surface area contributed by atoms with E-state index in [1.54, 1.807) is 11.3 Å². The average molecular weight is 451 g/mol. The fraction of sp³-hybridized carbons (Fsp3) is 0.190. The molecule has 0 aliphatic rings. The number of benzene rings is 2. The van der Waals surface area contributed by atoms with Crippen molar-refractivity contribution < 1.29 is 9.21 Å². The number of rotatable bonds is 8. The Balaban J connectivity index is 1.09. The second-order valence-electron chi connectivity index (χ2n) is 6.80.